The maximum absolute atomic E-state index is 13.3. The molecular formula is C25H21F3N4O4. The Hall–Kier alpha value is -4.54. The van der Waals surface area contributed by atoms with E-state index in [1.807, 2.05) is 0 Å². The summed E-state index contributed by atoms with van der Waals surface area (Å²) in [7, 11) is 4.17. The van der Waals surface area contributed by atoms with Crippen LogP contribution in [-0.4, -0.2) is 37.2 Å². The van der Waals surface area contributed by atoms with Gasteiger partial charge in [0.2, 0.25) is 11.7 Å². The second-order valence-corrected chi connectivity index (χ2v) is 7.61. The number of nitrogens with one attached hydrogen (secondary N) is 1. The van der Waals surface area contributed by atoms with Crippen LogP contribution in [0.15, 0.2) is 54.7 Å². The lowest BCUT2D eigenvalue weighted by atomic mass is 9.98. The Morgan fingerprint density at radius 2 is 1.67 bits per heavy atom. The normalized spacial score (nSPS) is 11.3. The van der Waals surface area contributed by atoms with E-state index in [0.717, 1.165) is 12.1 Å². The summed E-state index contributed by atoms with van der Waals surface area (Å²) in [5, 5.41) is 3.19. The minimum Gasteiger partial charge on any atom is -0.492 e. The predicted molar refractivity (Wildman–Crippen MR) is 128 cm³/mol. The van der Waals surface area contributed by atoms with E-state index < -0.39 is 17.6 Å². The summed E-state index contributed by atoms with van der Waals surface area (Å²) in [6, 6.07) is 11.1. The molecule has 0 atom stereocenters. The van der Waals surface area contributed by atoms with Crippen LogP contribution in [0.5, 0.6) is 17.2 Å². The average molecular weight is 498 g/mol. The van der Waals surface area contributed by atoms with Gasteiger partial charge in [-0.05, 0) is 42.0 Å². The SMILES string of the molecule is COc1c(C(=O)Nc2cccc(C(F)(F)F)c2)cc(-c2ccc3nc(N)ncc3c2)c(OC)c1OC. The molecule has 1 heterocycles. The molecule has 0 fully saturated rings. The summed E-state index contributed by atoms with van der Waals surface area (Å²) in [5.74, 6) is -0.0849. The highest BCUT2D eigenvalue weighted by Crippen LogP contribution is 2.47. The number of halogens is 3. The molecule has 1 aromatic heterocycles. The Labute approximate surface area is 203 Å². The molecule has 4 rings (SSSR count). The first-order chi connectivity index (χ1) is 17.2. The fourth-order valence-electron chi connectivity index (χ4n) is 3.78. The summed E-state index contributed by atoms with van der Waals surface area (Å²) in [5.41, 5.74) is 6.49. The van der Waals surface area contributed by atoms with E-state index in [2.05, 4.69) is 15.3 Å². The molecule has 8 nitrogen and oxygen atoms in total. The molecule has 3 aromatic carbocycles. The third kappa shape index (κ3) is 4.67. The molecule has 36 heavy (non-hydrogen) atoms. The quantitative estimate of drug-likeness (QED) is 0.377. The zero-order valence-corrected chi connectivity index (χ0v) is 19.4. The minimum atomic E-state index is -4.56. The Bertz CT molecular complexity index is 1460. The van der Waals surface area contributed by atoms with Crippen molar-refractivity contribution in [2.75, 3.05) is 32.4 Å². The molecule has 0 aliphatic heterocycles. The number of carbonyl (C=O) groups is 1. The van der Waals surface area contributed by atoms with Gasteiger partial charge in [0.1, 0.15) is 0 Å². The van der Waals surface area contributed by atoms with E-state index in [1.54, 1.807) is 24.4 Å². The molecule has 0 saturated heterocycles. The van der Waals surface area contributed by atoms with Crippen molar-refractivity contribution in [2.24, 2.45) is 0 Å². The van der Waals surface area contributed by atoms with Crippen molar-refractivity contribution >= 4 is 28.4 Å². The number of benzene rings is 3. The number of methoxy groups -OCH3 is 3. The number of amides is 1. The van der Waals surface area contributed by atoms with Crippen molar-refractivity contribution in [1.29, 1.82) is 0 Å². The van der Waals surface area contributed by atoms with Gasteiger partial charge in [-0.15, -0.1) is 0 Å². The van der Waals surface area contributed by atoms with Gasteiger partial charge < -0.3 is 25.3 Å². The highest BCUT2D eigenvalue weighted by molar-refractivity contribution is 6.08. The van der Waals surface area contributed by atoms with Gasteiger partial charge in [0.15, 0.2) is 11.5 Å². The molecule has 0 aliphatic rings. The van der Waals surface area contributed by atoms with Crippen molar-refractivity contribution in [3.05, 3.63) is 65.9 Å². The smallest absolute Gasteiger partial charge is 0.416 e. The number of alkyl halides is 3. The summed E-state index contributed by atoms with van der Waals surface area (Å²) in [6.45, 7) is 0. The van der Waals surface area contributed by atoms with E-state index >= 15 is 0 Å². The van der Waals surface area contributed by atoms with E-state index in [1.165, 1.54) is 39.5 Å². The number of nitrogens with two attached hydrogens (primary N) is 1. The largest absolute Gasteiger partial charge is 0.492 e. The van der Waals surface area contributed by atoms with Crippen LogP contribution >= 0.6 is 0 Å². The first-order valence-corrected chi connectivity index (χ1v) is 10.5. The third-order valence-electron chi connectivity index (χ3n) is 5.40. The predicted octanol–water partition coefficient (Wildman–Crippen LogP) is 5.18. The number of hydrogen-bond acceptors (Lipinski definition) is 7. The number of nitrogens with zero attached hydrogens (tertiary/aromatic N) is 2. The Morgan fingerprint density at radius 3 is 2.33 bits per heavy atom. The molecule has 186 valence electrons. The Balaban J connectivity index is 1.84. The lowest BCUT2D eigenvalue weighted by Gasteiger charge is -2.19. The minimum absolute atomic E-state index is 0.0243. The van der Waals surface area contributed by atoms with Gasteiger partial charge >= 0.3 is 6.18 Å². The number of anilines is 2. The van der Waals surface area contributed by atoms with E-state index in [4.69, 9.17) is 19.9 Å². The zero-order chi connectivity index (χ0) is 26.0. The number of rotatable bonds is 6. The second-order valence-electron chi connectivity index (χ2n) is 7.61. The first-order valence-electron chi connectivity index (χ1n) is 10.5. The summed E-state index contributed by atoms with van der Waals surface area (Å²) in [4.78, 5) is 21.4. The van der Waals surface area contributed by atoms with Crippen LogP contribution in [-0.2, 0) is 6.18 Å². The van der Waals surface area contributed by atoms with Crippen molar-refractivity contribution in [3.63, 3.8) is 0 Å². The molecule has 4 aromatic rings. The van der Waals surface area contributed by atoms with Crippen LogP contribution in [0.4, 0.5) is 24.8 Å². The molecule has 0 aliphatic carbocycles. The maximum atomic E-state index is 13.3. The van der Waals surface area contributed by atoms with E-state index in [-0.39, 0.29) is 28.7 Å². The highest BCUT2D eigenvalue weighted by atomic mass is 19.4. The lowest BCUT2D eigenvalue weighted by Crippen LogP contribution is -2.15. The van der Waals surface area contributed by atoms with Gasteiger partial charge in [-0.2, -0.15) is 13.2 Å². The van der Waals surface area contributed by atoms with Crippen molar-refractivity contribution in [2.45, 2.75) is 6.18 Å². The number of aromatic nitrogens is 2. The summed E-state index contributed by atoms with van der Waals surface area (Å²) >= 11 is 0. The zero-order valence-electron chi connectivity index (χ0n) is 19.4. The van der Waals surface area contributed by atoms with Crippen LogP contribution in [0.2, 0.25) is 0 Å². The highest BCUT2D eigenvalue weighted by Gasteiger charge is 2.31. The molecule has 0 saturated carbocycles. The van der Waals surface area contributed by atoms with Crippen molar-refractivity contribution in [3.8, 4) is 28.4 Å². The maximum Gasteiger partial charge on any atom is 0.416 e. The van der Waals surface area contributed by atoms with Crippen LogP contribution in [0.25, 0.3) is 22.0 Å². The Morgan fingerprint density at radius 1 is 0.944 bits per heavy atom. The van der Waals surface area contributed by atoms with Crippen molar-refractivity contribution < 1.29 is 32.2 Å². The molecule has 0 bridgehead atoms. The Kier molecular flexibility index (Phi) is 6.56. The summed E-state index contributed by atoms with van der Waals surface area (Å²) in [6.07, 6.45) is -2.99. The molecule has 0 spiro atoms. The van der Waals surface area contributed by atoms with Gasteiger partial charge in [0.25, 0.3) is 5.91 Å². The van der Waals surface area contributed by atoms with Gasteiger partial charge in [-0.1, -0.05) is 12.1 Å². The molecule has 1 amide bonds. The molecular weight excluding hydrogens is 477 g/mol. The fraction of sp³-hybridized carbons (Fsp3) is 0.160. The van der Waals surface area contributed by atoms with Crippen LogP contribution in [0.3, 0.4) is 0 Å². The van der Waals surface area contributed by atoms with Gasteiger partial charge in [0, 0.05) is 22.8 Å². The van der Waals surface area contributed by atoms with Crippen LogP contribution in [0, 0.1) is 0 Å². The molecule has 0 radical (unpaired) electrons. The van der Waals surface area contributed by atoms with Crippen molar-refractivity contribution in [1.82, 2.24) is 9.97 Å². The van der Waals surface area contributed by atoms with Gasteiger partial charge in [-0.3, -0.25) is 4.79 Å². The fourth-order valence-corrected chi connectivity index (χ4v) is 3.78. The van der Waals surface area contributed by atoms with Crippen LogP contribution in [0.1, 0.15) is 15.9 Å². The van der Waals surface area contributed by atoms with E-state index in [0.29, 0.717) is 27.8 Å². The number of ether oxygens (including phenoxy) is 3. The second kappa shape index (κ2) is 9.61. The first kappa shape index (κ1) is 24.6. The lowest BCUT2D eigenvalue weighted by molar-refractivity contribution is -0.137. The van der Waals surface area contributed by atoms with Crippen LogP contribution < -0.4 is 25.3 Å². The van der Waals surface area contributed by atoms with Gasteiger partial charge in [-0.25, -0.2) is 9.97 Å². The standard InChI is InChI=1S/C25H21F3N4O4/c1-34-20-17(13-7-8-19-14(9-13)12-30-24(29)32-19)11-18(21(35-2)22(20)36-3)23(33)31-16-6-4-5-15(10-16)25(26,27)28/h4-12H,1-3H3,(H,31,33)(H2,29,30,32). The third-order valence-corrected chi connectivity index (χ3v) is 5.40. The number of nitrogen functional groups attached to an aromatic ring is 1. The average Bonchev–Trinajstić information content (AvgIpc) is 2.86. The number of fused-ring (bicyclic) bond motifs is 1. The number of hydrogen-bond donors (Lipinski definition) is 2. The van der Waals surface area contributed by atoms with Gasteiger partial charge in [0.05, 0.1) is 38.0 Å². The summed E-state index contributed by atoms with van der Waals surface area (Å²) < 4.78 is 55.9. The number of carbonyl (C=O) groups excluding carboxylic acids is 1. The molecule has 3 N–H and O–H groups in total. The topological polar surface area (TPSA) is 109 Å². The monoisotopic (exact) mass is 498 g/mol. The van der Waals surface area contributed by atoms with E-state index in [9.17, 15) is 18.0 Å². The molecule has 0 unspecified atom stereocenters. The molecule has 11 heteroatoms.